The number of aromatic carboxylic acids is 1. The molecule has 0 saturated carbocycles. The minimum Gasteiger partial charge on any atom is -0.478 e. The van der Waals surface area contributed by atoms with Gasteiger partial charge in [0.2, 0.25) is 0 Å². The highest BCUT2D eigenvalue weighted by atomic mass is 32.2. The number of hydrogen-bond donors (Lipinski definition) is 1. The van der Waals surface area contributed by atoms with Crippen molar-refractivity contribution in [2.24, 2.45) is 0 Å². The summed E-state index contributed by atoms with van der Waals surface area (Å²) in [5.74, 6) is 1.84. The van der Waals surface area contributed by atoms with Crippen molar-refractivity contribution in [3.63, 3.8) is 0 Å². The number of carboxylic acid groups (broad SMARTS) is 1. The number of rotatable bonds is 6. The second kappa shape index (κ2) is 8.01. The van der Waals surface area contributed by atoms with Crippen LogP contribution in [-0.4, -0.2) is 46.5 Å². The lowest BCUT2D eigenvalue weighted by molar-refractivity contribution is 0.0693. The molecule has 1 N–H and O–H groups in total. The minimum atomic E-state index is -1.01. The van der Waals surface area contributed by atoms with Gasteiger partial charge in [0.05, 0.1) is 17.6 Å². The molecule has 3 rings (SSSR count). The van der Waals surface area contributed by atoms with E-state index < -0.39 is 5.97 Å². The second-order valence-corrected chi connectivity index (χ2v) is 7.95. The van der Waals surface area contributed by atoms with Crippen molar-refractivity contribution in [3.05, 3.63) is 53.5 Å². The molecule has 0 bridgehead atoms. The molecule has 1 saturated heterocycles. The van der Waals surface area contributed by atoms with Gasteiger partial charge in [-0.25, -0.2) is 4.79 Å². The number of benzene rings is 1. The van der Waals surface area contributed by atoms with Crippen molar-refractivity contribution in [3.8, 4) is 0 Å². The number of thioether (sulfide) groups is 2. The van der Waals surface area contributed by atoms with E-state index in [1.807, 2.05) is 48.0 Å². The molecule has 5 nitrogen and oxygen atoms in total. The van der Waals surface area contributed by atoms with Crippen molar-refractivity contribution in [2.45, 2.75) is 23.1 Å². The van der Waals surface area contributed by atoms with Crippen LogP contribution in [0.2, 0.25) is 0 Å². The monoisotopic (exact) mass is 377 g/mol. The fourth-order valence-electron chi connectivity index (χ4n) is 2.74. The van der Waals surface area contributed by atoms with Gasteiger partial charge in [0.15, 0.2) is 0 Å². The first kappa shape index (κ1) is 17.9. The highest BCUT2D eigenvalue weighted by Crippen LogP contribution is 2.30. The zero-order chi connectivity index (χ0) is 17.8. The Morgan fingerprint density at radius 2 is 2.12 bits per heavy atom. The van der Waals surface area contributed by atoms with Crippen LogP contribution in [0.3, 0.4) is 0 Å². The molecule has 1 aliphatic rings. The van der Waals surface area contributed by atoms with Crippen LogP contribution < -0.4 is 0 Å². The summed E-state index contributed by atoms with van der Waals surface area (Å²) in [6.45, 7) is 0. The van der Waals surface area contributed by atoms with Gasteiger partial charge in [-0.3, -0.25) is 4.79 Å². The number of carboxylic acids is 1. The smallest absolute Gasteiger partial charge is 0.339 e. The Balaban J connectivity index is 1.75. The molecule has 7 heteroatoms. The maximum atomic E-state index is 12.9. The molecule has 1 aliphatic heterocycles. The van der Waals surface area contributed by atoms with Crippen molar-refractivity contribution in [1.29, 1.82) is 0 Å². The molecule has 25 heavy (non-hydrogen) atoms. The average Bonchev–Trinajstić information content (AvgIpc) is 3.30. The Morgan fingerprint density at radius 1 is 1.32 bits per heavy atom. The fourth-order valence-corrected chi connectivity index (χ4v) is 5.00. The topological polar surface area (TPSA) is 70.8 Å². The zero-order valence-electron chi connectivity index (χ0n) is 13.8. The van der Waals surface area contributed by atoms with E-state index in [9.17, 15) is 9.59 Å². The maximum absolute atomic E-state index is 12.9. The van der Waals surface area contributed by atoms with Gasteiger partial charge in [0.25, 0.3) is 5.91 Å². The first-order valence-corrected chi connectivity index (χ1v) is 10.1. The highest BCUT2D eigenvalue weighted by molar-refractivity contribution is 7.99. The van der Waals surface area contributed by atoms with E-state index in [0.29, 0.717) is 17.1 Å². The van der Waals surface area contributed by atoms with E-state index in [4.69, 9.17) is 9.52 Å². The number of amides is 1. The van der Waals surface area contributed by atoms with Crippen LogP contribution in [0.1, 0.15) is 32.9 Å². The van der Waals surface area contributed by atoms with Crippen LogP contribution >= 0.6 is 23.5 Å². The number of carbonyl (C=O) groups is 2. The molecule has 1 atom stereocenters. The predicted molar refractivity (Wildman–Crippen MR) is 99.5 cm³/mol. The Kier molecular flexibility index (Phi) is 5.75. The third-order valence-corrected chi connectivity index (χ3v) is 6.44. The molecule has 132 valence electrons. The molecule has 2 aromatic rings. The van der Waals surface area contributed by atoms with Crippen LogP contribution in [0.5, 0.6) is 0 Å². The molecule has 0 aliphatic carbocycles. The molecule has 1 unspecified atom stereocenters. The van der Waals surface area contributed by atoms with Gasteiger partial charge in [0, 0.05) is 23.7 Å². The molecule has 0 spiro atoms. The second-order valence-electron chi connectivity index (χ2n) is 5.78. The van der Waals surface area contributed by atoms with E-state index in [-0.39, 0.29) is 17.5 Å². The van der Waals surface area contributed by atoms with Gasteiger partial charge >= 0.3 is 5.97 Å². The van der Waals surface area contributed by atoms with Gasteiger partial charge in [0.1, 0.15) is 11.3 Å². The molecule has 1 aromatic carbocycles. The summed E-state index contributed by atoms with van der Waals surface area (Å²) in [5, 5.41) is 9.16. The summed E-state index contributed by atoms with van der Waals surface area (Å²) in [7, 11) is 1.86. The van der Waals surface area contributed by atoms with Gasteiger partial charge < -0.3 is 14.4 Å². The molecular weight excluding hydrogens is 358 g/mol. The van der Waals surface area contributed by atoms with Crippen molar-refractivity contribution in [2.75, 3.05) is 18.6 Å². The lowest BCUT2D eigenvalue weighted by atomic mass is 10.1. The van der Waals surface area contributed by atoms with Crippen LogP contribution in [0.15, 0.2) is 45.9 Å². The maximum Gasteiger partial charge on any atom is 0.339 e. The van der Waals surface area contributed by atoms with Gasteiger partial charge in [-0.2, -0.15) is 11.8 Å². The summed E-state index contributed by atoms with van der Waals surface area (Å²) in [6.07, 6.45) is 2.40. The number of hydrogen-bond acceptors (Lipinski definition) is 5. The van der Waals surface area contributed by atoms with Gasteiger partial charge in [-0.05, 0) is 30.4 Å². The summed E-state index contributed by atoms with van der Waals surface area (Å²) in [6, 6.07) is 9.16. The minimum absolute atomic E-state index is 0.00787. The van der Waals surface area contributed by atoms with Crippen molar-refractivity contribution in [1.82, 2.24) is 4.90 Å². The average molecular weight is 377 g/mol. The molecule has 1 aromatic heterocycles. The molecule has 2 heterocycles. The largest absolute Gasteiger partial charge is 0.478 e. The summed E-state index contributed by atoms with van der Waals surface area (Å²) in [4.78, 5) is 26.7. The SMILES string of the molecule is CN(C(=O)c1ccccc1SCc1occc1C(=O)O)C1CCSC1. The normalized spacial score (nSPS) is 16.8. The van der Waals surface area contributed by atoms with Crippen LogP contribution in [0.25, 0.3) is 0 Å². The fraction of sp³-hybridized carbons (Fsp3) is 0.333. The third kappa shape index (κ3) is 4.04. The summed E-state index contributed by atoms with van der Waals surface area (Å²) >= 11 is 3.29. The van der Waals surface area contributed by atoms with E-state index in [1.54, 1.807) is 0 Å². The van der Waals surface area contributed by atoms with Crippen LogP contribution in [-0.2, 0) is 5.75 Å². The zero-order valence-corrected chi connectivity index (χ0v) is 15.4. The Bertz CT molecular complexity index is 768. The predicted octanol–water partition coefficient (Wildman–Crippen LogP) is 3.85. The molecule has 1 amide bonds. The van der Waals surface area contributed by atoms with Crippen LogP contribution in [0, 0.1) is 0 Å². The molecule has 0 radical (unpaired) electrons. The first-order chi connectivity index (χ1) is 12.1. The van der Waals surface area contributed by atoms with E-state index in [0.717, 1.165) is 22.8 Å². The quantitative estimate of drug-likeness (QED) is 0.771. The van der Waals surface area contributed by atoms with Gasteiger partial charge in [-0.15, -0.1) is 11.8 Å². The molecular formula is C18H19NO4S2. The van der Waals surface area contributed by atoms with Crippen molar-refractivity contribution >= 4 is 35.4 Å². The van der Waals surface area contributed by atoms with Crippen LogP contribution in [0.4, 0.5) is 0 Å². The summed E-state index contributed by atoms with van der Waals surface area (Å²) in [5.41, 5.74) is 0.812. The first-order valence-electron chi connectivity index (χ1n) is 7.94. The standard InChI is InChI=1S/C18H19NO4S2/c1-19(12-7-9-24-10-12)17(20)14-4-2-3-5-16(14)25-11-15-13(18(21)22)6-8-23-15/h2-6,8,12H,7,9-11H2,1H3,(H,21,22). The van der Waals surface area contributed by atoms with E-state index >= 15 is 0 Å². The highest BCUT2D eigenvalue weighted by Gasteiger charge is 2.26. The lowest BCUT2D eigenvalue weighted by Gasteiger charge is -2.24. The Labute approximate surface area is 154 Å². The van der Waals surface area contributed by atoms with E-state index in [2.05, 4.69) is 0 Å². The number of furan rings is 1. The Morgan fingerprint density at radius 3 is 2.84 bits per heavy atom. The van der Waals surface area contributed by atoms with Gasteiger partial charge in [-0.1, -0.05) is 12.1 Å². The summed E-state index contributed by atoms with van der Waals surface area (Å²) < 4.78 is 5.28. The number of carbonyl (C=O) groups excluding carboxylic acids is 1. The lowest BCUT2D eigenvalue weighted by Crippen LogP contribution is -2.37. The molecule has 1 fully saturated rings. The Hall–Kier alpha value is -1.86. The van der Waals surface area contributed by atoms with Crippen molar-refractivity contribution < 1.29 is 19.1 Å². The van der Waals surface area contributed by atoms with E-state index in [1.165, 1.54) is 24.1 Å². The third-order valence-electron chi connectivity index (χ3n) is 4.23. The number of nitrogens with zero attached hydrogens (tertiary/aromatic N) is 1.